The van der Waals surface area contributed by atoms with E-state index in [0.717, 1.165) is 11.3 Å². The molecule has 0 saturated carbocycles. The summed E-state index contributed by atoms with van der Waals surface area (Å²) in [6.45, 7) is -2.89. The molecule has 0 bridgehead atoms. The predicted octanol–water partition coefficient (Wildman–Crippen LogP) is 3.76. The Balaban J connectivity index is 1.66. The maximum atomic E-state index is 12.1. The number of benzene rings is 2. The zero-order chi connectivity index (χ0) is 17.6. The third-order valence-electron chi connectivity index (χ3n) is 3.37. The van der Waals surface area contributed by atoms with E-state index < -0.39 is 6.61 Å². The fraction of sp³-hybridized carbons (Fsp3) is 0.0556. The van der Waals surface area contributed by atoms with Crippen molar-refractivity contribution in [3.05, 3.63) is 78.4 Å². The Kier molecular flexibility index (Phi) is 4.94. The number of ketones is 1. The molecule has 5 nitrogen and oxygen atoms in total. The van der Waals surface area contributed by atoms with E-state index in [0.29, 0.717) is 5.56 Å². The van der Waals surface area contributed by atoms with Crippen LogP contribution in [0.4, 0.5) is 8.78 Å². The van der Waals surface area contributed by atoms with Gasteiger partial charge in [-0.15, -0.1) is 0 Å². The number of halogens is 2. The predicted molar refractivity (Wildman–Crippen MR) is 87.8 cm³/mol. The third-order valence-corrected chi connectivity index (χ3v) is 3.37. The van der Waals surface area contributed by atoms with Gasteiger partial charge in [-0.1, -0.05) is 18.2 Å². The summed E-state index contributed by atoms with van der Waals surface area (Å²) in [4.78, 5) is 16.0. The lowest BCUT2D eigenvalue weighted by molar-refractivity contribution is -0.0498. The average molecular weight is 341 g/mol. The van der Waals surface area contributed by atoms with Crippen molar-refractivity contribution in [2.75, 3.05) is 0 Å². The van der Waals surface area contributed by atoms with Crippen LogP contribution >= 0.6 is 0 Å². The zero-order valence-electron chi connectivity index (χ0n) is 12.9. The summed E-state index contributed by atoms with van der Waals surface area (Å²) in [6.07, 6.45) is 6.14. The second-order valence-corrected chi connectivity index (χ2v) is 5.03. The van der Waals surface area contributed by atoms with Crippen LogP contribution in [-0.4, -0.2) is 27.2 Å². The lowest BCUT2D eigenvalue weighted by Gasteiger charge is -2.04. The first-order valence-electron chi connectivity index (χ1n) is 7.34. The maximum absolute atomic E-state index is 12.1. The minimum Gasteiger partial charge on any atom is -0.435 e. The Labute approximate surface area is 142 Å². The molecule has 126 valence electrons. The van der Waals surface area contributed by atoms with Crippen molar-refractivity contribution in [3.63, 3.8) is 0 Å². The molecule has 0 atom stereocenters. The molecule has 0 amide bonds. The Bertz CT molecular complexity index is 858. The van der Waals surface area contributed by atoms with E-state index in [1.165, 1.54) is 36.7 Å². The summed E-state index contributed by atoms with van der Waals surface area (Å²) >= 11 is 0. The van der Waals surface area contributed by atoms with Crippen LogP contribution in [0.2, 0.25) is 0 Å². The number of aromatic nitrogens is 3. The van der Waals surface area contributed by atoms with Crippen LogP contribution in [0.5, 0.6) is 5.75 Å². The first kappa shape index (κ1) is 16.5. The normalized spacial score (nSPS) is 11.2. The standard InChI is InChI=1S/C18H13F2N3O2/c19-18(20)25-16-8-4-14(5-9-16)17(24)10-3-13-1-6-15(7-2-13)23-12-21-11-22-23/h1-12,18H/b10-3+. The van der Waals surface area contributed by atoms with E-state index in [1.54, 1.807) is 17.1 Å². The third kappa shape index (κ3) is 4.35. The maximum Gasteiger partial charge on any atom is 0.387 e. The Morgan fingerprint density at radius 1 is 1.08 bits per heavy atom. The van der Waals surface area contributed by atoms with Gasteiger partial charge in [0, 0.05) is 5.56 Å². The van der Waals surface area contributed by atoms with Gasteiger partial charge in [0.05, 0.1) is 5.69 Å². The highest BCUT2D eigenvalue weighted by Crippen LogP contribution is 2.16. The van der Waals surface area contributed by atoms with Gasteiger partial charge in [-0.2, -0.15) is 13.9 Å². The van der Waals surface area contributed by atoms with Crippen molar-refractivity contribution < 1.29 is 18.3 Å². The average Bonchev–Trinajstić information content (AvgIpc) is 3.15. The lowest BCUT2D eigenvalue weighted by atomic mass is 10.1. The molecule has 7 heteroatoms. The molecule has 3 aromatic rings. The van der Waals surface area contributed by atoms with Crippen molar-refractivity contribution in [1.29, 1.82) is 0 Å². The topological polar surface area (TPSA) is 57.0 Å². The van der Waals surface area contributed by atoms with Gasteiger partial charge in [0.2, 0.25) is 0 Å². The van der Waals surface area contributed by atoms with Gasteiger partial charge >= 0.3 is 6.61 Å². The van der Waals surface area contributed by atoms with Gasteiger partial charge in [-0.05, 0) is 48.0 Å². The number of allylic oxidation sites excluding steroid dienone is 1. The lowest BCUT2D eigenvalue weighted by Crippen LogP contribution is -2.02. The van der Waals surface area contributed by atoms with Crippen molar-refractivity contribution in [2.24, 2.45) is 0 Å². The molecular formula is C18H13F2N3O2. The summed E-state index contributed by atoms with van der Waals surface area (Å²) in [5.41, 5.74) is 2.09. The molecule has 0 saturated heterocycles. The van der Waals surface area contributed by atoms with Gasteiger partial charge in [-0.25, -0.2) is 9.67 Å². The Morgan fingerprint density at radius 3 is 2.40 bits per heavy atom. The number of alkyl halides is 2. The van der Waals surface area contributed by atoms with Crippen LogP contribution in [0, 0.1) is 0 Å². The molecule has 25 heavy (non-hydrogen) atoms. The van der Waals surface area contributed by atoms with E-state index in [2.05, 4.69) is 14.8 Å². The first-order valence-corrected chi connectivity index (χ1v) is 7.34. The molecule has 1 heterocycles. The van der Waals surface area contributed by atoms with Crippen molar-refractivity contribution in [2.45, 2.75) is 6.61 Å². The number of ether oxygens (including phenoxy) is 1. The first-order chi connectivity index (χ1) is 12.1. The number of hydrogen-bond acceptors (Lipinski definition) is 4. The van der Waals surface area contributed by atoms with Crippen LogP contribution < -0.4 is 4.74 Å². The quantitative estimate of drug-likeness (QED) is 0.506. The van der Waals surface area contributed by atoms with Crippen LogP contribution in [0.3, 0.4) is 0 Å². The second-order valence-electron chi connectivity index (χ2n) is 5.03. The molecular weight excluding hydrogens is 328 g/mol. The largest absolute Gasteiger partial charge is 0.435 e. The molecule has 0 spiro atoms. The summed E-state index contributed by atoms with van der Waals surface area (Å²) in [5.74, 6) is -0.219. The molecule has 0 aliphatic heterocycles. The Morgan fingerprint density at radius 2 is 1.80 bits per heavy atom. The highest BCUT2D eigenvalue weighted by molar-refractivity contribution is 6.06. The fourth-order valence-corrected chi connectivity index (χ4v) is 2.15. The summed E-state index contributed by atoms with van der Waals surface area (Å²) < 4.78 is 30.1. The number of carbonyl (C=O) groups excluding carboxylic acids is 1. The number of rotatable bonds is 6. The summed E-state index contributed by atoms with van der Waals surface area (Å²) in [7, 11) is 0. The Hall–Kier alpha value is -3.35. The van der Waals surface area contributed by atoms with E-state index in [1.807, 2.05) is 24.3 Å². The number of nitrogens with zero attached hydrogens (tertiary/aromatic N) is 3. The molecule has 0 fully saturated rings. The molecule has 0 unspecified atom stereocenters. The molecule has 0 aliphatic carbocycles. The van der Waals surface area contributed by atoms with Crippen LogP contribution in [-0.2, 0) is 0 Å². The van der Waals surface area contributed by atoms with Gasteiger partial charge < -0.3 is 4.74 Å². The minimum absolute atomic E-state index is 0.0132. The van der Waals surface area contributed by atoms with Crippen LogP contribution in [0.15, 0.2) is 67.3 Å². The highest BCUT2D eigenvalue weighted by atomic mass is 19.3. The van der Waals surface area contributed by atoms with E-state index in [9.17, 15) is 13.6 Å². The molecule has 0 aliphatic rings. The van der Waals surface area contributed by atoms with E-state index >= 15 is 0 Å². The molecule has 0 radical (unpaired) electrons. The highest BCUT2D eigenvalue weighted by Gasteiger charge is 2.06. The van der Waals surface area contributed by atoms with E-state index in [4.69, 9.17) is 0 Å². The SMILES string of the molecule is O=C(/C=C/c1ccc(-n2cncn2)cc1)c1ccc(OC(F)F)cc1. The van der Waals surface area contributed by atoms with Gasteiger partial charge in [0.15, 0.2) is 5.78 Å². The summed E-state index contributed by atoms with van der Waals surface area (Å²) in [6, 6.07) is 13.0. The van der Waals surface area contributed by atoms with Gasteiger partial charge in [0.25, 0.3) is 0 Å². The number of hydrogen-bond donors (Lipinski definition) is 0. The van der Waals surface area contributed by atoms with Gasteiger partial charge in [-0.3, -0.25) is 4.79 Å². The molecule has 1 aromatic heterocycles. The second kappa shape index (κ2) is 7.48. The van der Waals surface area contributed by atoms with Crippen LogP contribution in [0.1, 0.15) is 15.9 Å². The van der Waals surface area contributed by atoms with Crippen molar-refractivity contribution >= 4 is 11.9 Å². The smallest absolute Gasteiger partial charge is 0.387 e. The zero-order valence-corrected chi connectivity index (χ0v) is 12.9. The van der Waals surface area contributed by atoms with Crippen LogP contribution in [0.25, 0.3) is 11.8 Å². The summed E-state index contributed by atoms with van der Waals surface area (Å²) in [5, 5.41) is 4.03. The fourth-order valence-electron chi connectivity index (χ4n) is 2.15. The number of carbonyl (C=O) groups is 1. The molecule has 0 N–H and O–H groups in total. The monoisotopic (exact) mass is 341 g/mol. The minimum atomic E-state index is -2.89. The van der Waals surface area contributed by atoms with Gasteiger partial charge in [0.1, 0.15) is 18.4 Å². The van der Waals surface area contributed by atoms with Crippen molar-refractivity contribution in [1.82, 2.24) is 14.8 Å². The van der Waals surface area contributed by atoms with E-state index in [-0.39, 0.29) is 11.5 Å². The van der Waals surface area contributed by atoms with Crippen molar-refractivity contribution in [3.8, 4) is 11.4 Å². The molecule has 2 aromatic carbocycles. The molecule has 3 rings (SSSR count).